The molecule has 0 spiro atoms. The summed E-state index contributed by atoms with van der Waals surface area (Å²) >= 11 is 0. The first kappa shape index (κ1) is 26.7. The van der Waals surface area contributed by atoms with Crippen LogP contribution in [0.3, 0.4) is 0 Å². The number of hydrogen-bond donors (Lipinski definition) is 3. The van der Waals surface area contributed by atoms with Crippen LogP contribution < -0.4 is 24.2 Å². The second-order valence-electron chi connectivity index (χ2n) is 8.71. The lowest BCUT2D eigenvalue weighted by Gasteiger charge is -2.16. The van der Waals surface area contributed by atoms with Crippen molar-refractivity contribution in [3.05, 3.63) is 53.9 Å². The molecule has 0 radical (unpaired) electrons. The quantitative estimate of drug-likeness (QED) is 0.219. The number of nitrogens with one attached hydrogen (secondary N) is 3. The van der Waals surface area contributed by atoms with E-state index in [9.17, 15) is 8.42 Å². The van der Waals surface area contributed by atoms with E-state index in [4.69, 9.17) is 18.7 Å². The molecule has 0 bridgehead atoms. The smallest absolute Gasteiger partial charge is 0.270 e. The lowest BCUT2D eigenvalue weighted by Crippen LogP contribution is -2.16. The number of H-pyrrole nitrogens is 1. The van der Waals surface area contributed by atoms with Gasteiger partial charge in [0, 0.05) is 23.4 Å². The molecule has 2 aromatic carbocycles. The van der Waals surface area contributed by atoms with Crippen molar-refractivity contribution in [1.82, 2.24) is 25.6 Å². The van der Waals surface area contributed by atoms with Crippen LogP contribution in [0.4, 0.5) is 17.3 Å². The Kier molecular flexibility index (Phi) is 7.17. The Bertz CT molecular complexity index is 1760. The molecule has 0 aliphatic heterocycles. The van der Waals surface area contributed by atoms with Crippen molar-refractivity contribution >= 4 is 38.3 Å². The van der Waals surface area contributed by atoms with Crippen molar-refractivity contribution in [2.75, 3.05) is 31.4 Å². The number of ether oxygens (including phenoxy) is 3. The van der Waals surface area contributed by atoms with Crippen LogP contribution in [0.1, 0.15) is 18.3 Å². The van der Waals surface area contributed by atoms with Crippen LogP contribution in [0, 0.1) is 6.92 Å². The van der Waals surface area contributed by atoms with Gasteiger partial charge in [-0.05, 0) is 43.7 Å². The summed E-state index contributed by atoms with van der Waals surface area (Å²) < 4.78 is 51.7. The van der Waals surface area contributed by atoms with Gasteiger partial charge in [-0.25, -0.2) is 8.42 Å². The van der Waals surface area contributed by atoms with E-state index in [0.717, 1.165) is 17.8 Å². The highest BCUT2D eigenvalue weighted by atomic mass is 32.2. The number of aromatic amines is 1. The summed E-state index contributed by atoms with van der Waals surface area (Å²) in [7, 11) is -0.0377. The van der Waals surface area contributed by atoms with Gasteiger partial charge in [-0.2, -0.15) is 15.3 Å². The molecular weight excluding hydrogens is 538 g/mol. The highest BCUT2D eigenvalue weighted by Crippen LogP contribution is 2.40. The zero-order valence-electron chi connectivity index (χ0n) is 22.4. The maximum Gasteiger partial charge on any atom is 0.270 e. The van der Waals surface area contributed by atoms with Gasteiger partial charge in [0.1, 0.15) is 17.2 Å². The third kappa shape index (κ3) is 5.08. The summed E-state index contributed by atoms with van der Waals surface area (Å²) in [6.45, 7) is 3.83. The van der Waals surface area contributed by atoms with Gasteiger partial charge in [-0.1, -0.05) is 12.1 Å². The molecule has 0 amide bonds. The minimum absolute atomic E-state index is 0.0366. The average Bonchev–Trinajstić information content (AvgIpc) is 3.58. The molecule has 3 aromatic heterocycles. The van der Waals surface area contributed by atoms with Gasteiger partial charge in [0.15, 0.2) is 22.1 Å². The first-order valence-electron chi connectivity index (χ1n) is 12.1. The van der Waals surface area contributed by atoms with Gasteiger partial charge in [-0.15, -0.1) is 0 Å². The van der Waals surface area contributed by atoms with Crippen LogP contribution in [0.2, 0.25) is 0 Å². The number of anilines is 3. The molecule has 40 heavy (non-hydrogen) atoms. The molecule has 0 aliphatic rings. The Balaban J connectivity index is 1.51. The predicted octanol–water partition coefficient (Wildman–Crippen LogP) is 4.45. The van der Waals surface area contributed by atoms with Crippen molar-refractivity contribution in [3.63, 3.8) is 0 Å². The first-order valence-corrected chi connectivity index (χ1v) is 13.6. The minimum atomic E-state index is -4.27. The molecule has 14 heteroatoms. The fraction of sp³-hybridized carbons (Fsp3) is 0.231. The Morgan fingerprint density at radius 3 is 2.27 bits per heavy atom. The highest BCUT2D eigenvalue weighted by molar-refractivity contribution is 7.93. The summed E-state index contributed by atoms with van der Waals surface area (Å²) in [5.41, 5.74) is 3.69. The largest absolute Gasteiger partial charge is 0.495 e. The molecule has 0 saturated heterocycles. The molecule has 3 N–H and O–H groups in total. The monoisotopic (exact) mass is 565 g/mol. The van der Waals surface area contributed by atoms with E-state index in [-0.39, 0.29) is 22.2 Å². The predicted molar refractivity (Wildman–Crippen MR) is 148 cm³/mol. The number of fused-ring (bicyclic) bond motifs is 1. The zero-order chi connectivity index (χ0) is 28.4. The summed E-state index contributed by atoms with van der Waals surface area (Å²) in [6.07, 6.45) is 0.800. The van der Waals surface area contributed by atoms with E-state index in [2.05, 4.69) is 35.6 Å². The molecule has 0 atom stereocenters. The SMILES string of the molecule is CCc1cc(Nc2cc3onc(NS(=O)(=O)c4c(OC)cc(-c5ccc(C)nn5)cc4OC)c3cc2OC)n[nH]1. The molecule has 0 fully saturated rings. The lowest BCUT2D eigenvalue weighted by atomic mass is 10.1. The van der Waals surface area contributed by atoms with Crippen LogP contribution in [-0.2, 0) is 16.4 Å². The van der Waals surface area contributed by atoms with Crippen molar-refractivity contribution in [3.8, 4) is 28.5 Å². The third-order valence-corrected chi connectivity index (χ3v) is 7.52. The van der Waals surface area contributed by atoms with Crippen molar-refractivity contribution in [1.29, 1.82) is 0 Å². The van der Waals surface area contributed by atoms with Crippen LogP contribution in [0.25, 0.3) is 22.2 Å². The molecule has 5 rings (SSSR count). The molecular formula is C26H27N7O6S. The number of sulfonamides is 1. The number of nitrogens with zero attached hydrogens (tertiary/aromatic N) is 4. The zero-order valence-corrected chi connectivity index (χ0v) is 23.2. The van der Waals surface area contributed by atoms with Crippen LogP contribution in [0.15, 0.2) is 51.9 Å². The Labute approximate surface area is 229 Å². The second-order valence-corrected chi connectivity index (χ2v) is 10.3. The third-order valence-electron chi connectivity index (χ3n) is 6.12. The van der Waals surface area contributed by atoms with Gasteiger partial charge in [0.25, 0.3) is 10.0 Å². The maximum absolute atomic E-state index is 13.7. The second kappa shape index (κ2) is 10.7. The van der Waals surface area contributed by atoms with Crippen LogP contribution in [0.5, 0.6) is 17.2 Å². The normalized spacial score (nSPS) is 11.4. The number of methoxy groups -OCH3 is 3. The van der Waals surface area contributed by atoms with Crippen molar-refractivity contribution < 1.29 is 27.2 Å². The van der Waals surface area contributed by atoms with Crippen molar-refractivity contribution in [2.24, 2.45) is 0 Å². The van der Waals surface area contributed by atoms with E-state index in [1.165, 1.54) is 21.3 Å². The number of benzene rings is 2. The fourth-order valence-electron chi connectivity index (χ4n) is 4.07. The molecule has 0 unspecified atom stereocenters. The Morgan fingerprint density at radius 2 is 1.68 bits per heavy atom. The van der Waals surface area contributed by atoms with Gasteiger partial charge < -0.3 is 24.1 Å². The number of rotatable bonds is 10. The van der Waals surface area contributed by atoms with E-state index < -0.39 is 10.0 Å². The van der Waals surface area contributed by atoms with Gasteiger partial charge in [-0.3, -0.25) is 9.82 Å². The standard InChI is InChI=1S/C26H27N7O6S/c1-6-16-11-24(31-29-16)27-19-13-20-17(12-21(19)36-3)26(32-39-20)33-40(34,35)25-22(37-4)9-15(10-23(25)38-5)18-8-7-14(2)28-30-18/h7-13H,6H2,1-5H3,(H,32,33)(H2,27,29,31). The van der Waals surface area contributed by atoms with Crippen molar-refractivity contribution in [2.45, 2.75) is 25.2 Å². The van der Waals surface area contributed by atoms with Gasteiger partial charge in [0.05, 0.1) is 43.8 Å². The molecule has 0 aliphatic carbocycles. The topological polar surface area (TPSA) is 166 Å². The molecule has 3 heterocycles. The average molecular weight is 566 g/mol. The summed E-state index contributed by atoms with van der Waals surface area (Å²) in [5.74, 6) is 1.08. The first-order chi connectivity index (χ1) is 19.3. The number of hydrogen-bond acceptors (Lipinski definition) is 11. The summed E-state index contributed by atoms with van der Waals surface area (Å²) in [4.78, 5) is -0.215. The minimum Gasteiger partial charge on any atom is -0.495 e. The lowest BCUT2D eigenvalue weighted by molar-refractivity contribution is 0.374. The molecule has 13 nitrogen and oxygen atoms in total. The van der Waals surface area contributed by atoms with Crippen LogP contribution >= 0.6 is 0 Å². The Morgan fingerprint density at radius 1 is 0.950 bits per heavy atom. The molecule has 0 saturated carbocycles. The maximum atomic E-state index is 13.7. The molecule has 5 aromatic rings. The number of aromatic nitrogens is 5. The fourth-order valence-corrected chi connectivity index (χ4v) is 5.39. The van der Waals surface area contributed by atoms with E-state index in [1.54, 1.807) is 36.4 Å². The highest BCUT2D eigenvalue weighted by Gasteiger charge is 2.29. The summed E-state index contributed by atoms with van der Waals surface area (Å²) in [5, 5.41) is 22.9. The van der Waals surface area contributed by atoms with E-state index >= 15 is 0 Å². The Hall–Kier alpha value is -4.85. The van der Waals surface area contributed by atoms with Gasteiger partial charge in [0.2, 0.25) is 0 Å². The van der Waals surface area contributed by atoms with Gasteiger partial charge >= 0.3 is 0 Å². The summed E-state index contributed by atoms with van der Waals surface area (Å²) in [6, 6.07) is 11.8. The van der Waals surface area contributed by atoms with Crippen LogP contribution in [-0.4, -0.2) is 55.3 Å². The number of aryl methyl sites for hydroxylation is 2. The van der Waals surface area contributed by atoms with E-state index in [0.29, 0.717) is 39.5 Å². The molecule has 208 valence electrons. The van der Waals surface area contributed by atoms with E-state index in [1.807, 2.05) is 19.9 Å².